The number of carbonyl (C=O) groups excluding carboxylic acids is 1. The van der Waals surface area contributed by atoms with Gasteiger partial charge in [-0.2, -0.15) is 0 Å². The molecule has 0 saturated heterocycles. The summed E-state index contributed by atoms with van der Waals surface area (Å²) in [5.41, 5.74) is 0.988. The van der Waals surface area contributed by atoms with Crippen molar-refractivity contribution in [3.8, 4) is 0 Å². The molecule has 3 heteroatoms. The first kappa shape index (κ1) is 11.3. The molecule has 1 rings (SSSR count). The van der Waals surface area contributed by atoms with Gasteiger partial charge in [-0.1, -0.05) is 30.3 Å². The number of rotatable bonds is 3. The number of hydrogen-bond donors (Lipinski definition) is 2. The summed E-state index contributed by atoms with van der Waals surface area (Å²) in [6, 6.07) is 9.11. The van der Waals surface area contributed by atoms with E-state index in [0.717, 1.165) is 6.26 Å². The van der Waals surface area contributed by atoms with Crippen molar-refractivity contribution in [2.75, 3.05) is 0 Å². The van der Waals surface area contributed by atoms with E-state index in [-0.39, 0.29) is 17.5 Å². The molecule has 1 amide bonds. The summed E-state index contributed by atoms with van der Waals surface area (Å²) in [6.45, 7) is 3.75. The molecule has 80 valence electrons. The molecule has 0 saturated carbocycles. The van der Waals surface area contributed by atoms with Gasteiger partial charge in [0, 0.05) is 6.04 Å². The van der Waals surface area contributed by atoms with Crippen LogP contribution in [0.2, 0.25) is 0 Å². The predicted octanol–water partition coefficient (Wildman–Crippen LogP) is 2.11. The highest BCUT2D eigenvalue weighted by atomic mass is 16.2. The molecule has 0 fully saturated rings. The van der Waals surface area contributed by atoms with E-state index in [0.29, 0.717) is 5.56 Å². The number of nitrogens with one attached hydrogen (secondary N) is 1. The van der Waals surface area contributed by atoms with Gasteiger partial charge in [0.2, 0.25) is 0 Å². The minimum absolute atomic E-state index is 0.0520. The molecule has 2 N–H and O–H groups in total. The molecule has 0 aliphatic rings. The maximum absolute atomic E-state index is 11.6. The quantitative estimate of drug-likeness (QED) is 0.586. The number of benzene rings is 1. The first-order valence-electron chi connectivity index (χ1n) is 4.86. The topological polar surface area (TPSA) is 49.3 Å². The van der Waals surface area contributed by atoms with Crippen molar-refractivity contribution in [1.29, 1.82) is 0 Å². The maximum Gasteiger partial charge on any atom is 0.255 e. The van der Waals surface area contributed by atoms with Crippen LogP contribution in [0.15, 0.2) is 36.6 Å². The van der Waals surface area contributed by atoms with Crippen molar-refractivity contribution in [3.05, 3.63) is 42.2 Å². The standard InChI is InChI=1S/C12H15NO2/c1-9(2)13-12(15)11(8-14)10-6-4-3-5-7-10/h3-9,14H,1-2H3,(H,13,15)/b11-8+. The highest BCUT2D eigenvalue weighted by molar-refractivity contribution is 6.19. The van der Waals surface area contributed by atoms with Gasteiger partial charge in [0.1, 0.15) is 0 Å². The lowest BCUT2D eigenvalue weighted by Crippen LogP contribution is -2.30. The first-order chi connectivity index (χ1) is 7.15. The molecule has 0 unspecified atom stereocenters. The van der Waals surface area contributed by atoms with Gasteiger partial charge in [-0.15, -0.1) is 0 Å². The summed E-state index contributed by atoms with van der Waals surface area (Å²) in [7, 11) is 0. The Kier molecular flexibility index (Phi) is 3.92. The van der Waals surface area contributed by atoms with Crippen LogP contribution in [0.3, 0.4) is 0 Å². The molecule has 0 atom stereocenters. The van der Waals surface area contributed by atoms with Crippen molar-refractivity contribution in [2.24, 2.45) is 0 Å². The summed E-state index contributed by atoms with van der Waals surface area (Å²) >= 11 is 0. The number of aliphatic hydroxyl groups excluding tert-OH is 1. The Morgan fingerprint density at radius 2 is 1.93 bits per heavy atom. The minimum atomic E-state index is -0.265. The SMILES string of the molecule is CC(C)NC(=O)/C(=C/O)c1ccccc1. The summed E-state index contributed by atoms with van der Waals surface area (Å²) in [6.07, 6.45) is 0.840. The molecule has 1 aromatic carbocycles. The van der Waals surface area contributed by atoms with Gasteiger partial charge < -0.3 is 10.4 Å². The lowest BCUT2D eigenvalue weighted by Gasteiger charge is -2.10. The molecule has 1 aromatic rings. The molecular formula is C12H15NO2. The smallest absolute Gasteiger partial charge is 0.255 e. The predicted molar refractivity (Wildman–Crippen MR) is 60.3 cm³/mol. The van der Waals surface area contributed by atoms with Gasteiger partial charge in [0.05, 0.1) is 11.8 Å². The van der Waals surface area contributed by atoms with Gasteiger partial charge >= 0.3 is 0 Å². The van der Waals surface area contributed by atoms with Crippen LogP contribution in [0.25, 0.3) is 5.57 Å². The highest BCUT2D eigenvalue weighted by Crippen LogP contribution is 2.13. The van der Waals surface area contributed by atoms with Crippen molar-refractivity contribution in [2.45, 2.75) is 19.9 Å². The maximum atomic E-state index is 11.6. The molecular weight excluding hydrogens is 190 g/mol. The molecule has 0 bridgehead atoms. The first-order valence-corrected chi connectivity index (χ1v) is 4.86. The van der Waals surface area contributed by atoms with E-state index >= 15 is 0 Å². The van der Waals surface area contributed by atoms with E-state index in [2.05, 4.69) is 5.32 Å². The fourth-order valence-electron chi connectivity index (χ4n) is 1.22. The second-order valence-corrected chi connectivity index (χ2v) is 3.54. The zero-order chi connectivity index (χ0) is 11.3. The lowest BCUT2D eigenvalue weighted by molar-refractivity contribution is -0.116. The van der Waals surface area contributed by atoms with Crippen molar-refractivity contribution >= 4 is 11.5 Å². The number of hydrogen-bond acceptors (Lipinski definition) is 2. The van der Waals surface area contributed by atoms with Crippen LogP contribution in [-0.4, -0.2) is 17.1 Å². The van der Waals surface area contributed by atoms with Gasteiger partial charge in [-0.05, 0) is 19.4 Å². The normalized spacial score (nSPS) is 11.5. The van der Waals surface area contributed by atoms with E-state index in [1.54, 1.807) is 12.1 Å². The van der Waals surface area contributed by atoms with Gasteiger partial charge in [0.25, 0.3) is 5.91 Å². The zero-order valence-corrected chi connectivity index (χ0v) is 8.90. The Hall–Kier alpha value is -1.77. The fraction of sp³-hybridized carbons (Fsp3) is 0.250. The van der Waals surface area contributed by atoms with E-state index < -0.39 is 0 Å². The highest BCUT2D eigenvalue weighted by Gasteiger charge is 2.12. The van der Waals surface area contributed by atoms with E-state index in [4.69, 9.17) is 5.11 Å². The van der Waals surface area contributed by atoms with E-state index in [1.165, 1.54) is 0 Å². The van der Waals surface area contributed by atoms with Crippen LogP contribution >= 0.6 is 0 Å². The van der Waals surface area contributed by atoms with Crippen molar-refractivity contribution in [1.82, 2.24) is 5.32 Å². The van der Waals surface area contributed by atoms with Crippen molar-refractivity contribution < 1.29 is 9.90 Å². The second-order valence-electron chi connectivity index (χ2n) is 3.54. The summed E-state index contributed by atoms with van der Waals surface area (Å²) in [5.74, 6) is -0.265. The molecule has 0 spiro atoms. The van der Waals surface area contributed by atoms with Crippen LogP contribution in [-0.2, 0) is 4.79 Å². The third-order valence-electron chi connectivity index (χ3n) is 1.88. The third-order valence-corrected chi connectivity index (χ3v) is 1.88. The Labute approximate surface area is 89.4 Å². The molecule has 0 aromatic heterocycles. The van der Waals surface area contributed by atoms with Crippen LogP contribution in [0.1, 0.15) is 19.4 Å². The van der Waals surface area contributed by atoms with Crippen LogP contribution in [0.4, 0.5) is 0 Å². The average Bonchev–Trinajstić information content (AvgIpc) is 2.19. The summed E-state index contributed by atoms with van der Waals surface area (Å²) < 4.78 is 0. The Balaban J connectivity index is 2.87. The van der Waals surface area contributed by atoms with Crippen LogP contribution in [0, 0.1) is 0 Å². The largest absolute Gasteiger partial charge is 0.515 e. The van der Waals surface area contributed by atoms with Gasteiger partial charge in [-0.3, -0.25) is 4.79 Å². The lowest BCUT2D eigenvalue weighted by atomic mass is 10.1. The number of carbonyl (C=O) groups is 1. The number of amides is 1. The van der Waals surface area contributed by atoms with Crippen molar-refractivity contribution in [3.63, 3.8) is 0 Å². The van der Waals surface area contributed by atoms with E-state index in [1.807, 2.05) is 32.0 Å². The fourth-order valence-corrected chi connectivity index (χ4v) is 1.22. The van der Waals surface area contributed by atoms with E-state index in [9.17, 15) is 4.79 Å². The molecule has 15 heavy (non-hydrogen) atoms. The van der Waals surface area contributed by atoms with Crippen LogP contribution < -0.4 is 5.32 Å². The minimum Gasteiger partial charge on any atom is -0.515 e. The monoisotopic (exact) mass is 205 g/mol. The molecule has 0 heterocycles. The third kappa shape index (κ3) is 3.13. The molecule has 0 aliphatic heterocycles. The molecule has 3 nitrogen and oxygen atoms in total. The number of aliphatic hydroxyl groups is 1. The van der Waals surface area contributed by atoms with Gasteiger partial charge in [0.15, 0.2) is 0 Å². The average molecular weight is 205 g/mol. The summed E-state index contributed by atoms with van der Waals surface area (Å²) in [4.78, 5) is 11.6. The molecule has 0 radical (unpaired) electrons. The molecule has 0 aliphatic carbocycles. The zero-order valence-electron chi connectivity index (χ0n) is 8.90. The Bertz CT molecular complexity index is 355. The Morgan fingerprint density at radius 3 is 2.40 bits per heavy atom. The van der Waals surface area contributed by atoms with Crippen LogP contribution in [0.5, 0.6) is 0 Å². The second kappa shape index (κ2) is 5.20. The summed E-state index contributed by atoms with van der Waals surface area (Å²) in [5, 5.41) is 11.8. The van der Waals surface area contributed by atoms with Gasteiger partial charge in [-0.25, -0.2) is 0 Å². The Morgan fingerprint density at radius 1 is 1.33 bits per heavy atom.